The van der Waals surface area contributed by atoms with Crippen molar-refractivity contribution >= 4 is 21.7 Å². The van der Waals surface area contributed by atoms with E-state index >= 15 is 0 Å². The van der Waals surface area contributed by atoms with Gasteiger partial charge in [-0.05, 0) is 38.5 Å². The highest BCUT2D eigenvalue weighted by molar-refractivity contribution is 7.89. The standard InChI is InChI=1S/C14H22N2O5S/c1-3-15-12-7-6-11(14(17)18)10-13(12)22(19,20)16-8-5-9-21-4-2/h6-7,10,15-16H,3-5,8-9H2,1-2H3,(H,17,18). The third-order valence-corrected chi connectivity index (χ3v) is 4.35. The van der Waals surface area contributed by atoms with Gasteiger partial charge in [0.05, 0.1) is 11.3 Å². The molecule has 0 unspecified atom stereocenters. The second-order valence-electron chi connectivity index (χ2n) is 4.49. The topological polar surface area (TPSA) is 105 Å². The van der Waals surface area contributed by atoms with E-state index in [1.54, 1.807) is 0 Å². The minimum atomic E-state index is -3.79. The van der Waals surface area contributed by atoms with Crippen LogP contribution in [-0.2, 0) is 14.8 Å². The van der Waals surface area contributed by atoms with Gasteiger partial charge in [0.1, 0.15) is 4.90 Å². The van der Waals surface area contributed by atoms with Crippen LogP contribution in [0.4, 0.5) is 5.69 Å². The molecule has 0 spiro atoms. The maximum absolute atomic E-state index is 12.4. The lowest BCUT2D eigenvalue weighted by Crippen LogP contribution is -2.26. The number of rotatable bonds is 10. The maximum atomic E-state index is 12.4. The van der Waals surface area contributed by atoms with Crippen molar-refractivity contribution in [2.24, 2.45) is 0 Å². The van der Waals surface area contributed by atoms with Gasteiger partial charge in [-0.3, -0.25) is 0 Å². The summed E-state index contributed by atoms with van der Waals surface area (Å²) in [5.41, 5.74) is 0.307. The predicted molar refractivity (Wildman–Crippen MR) is 83.9 cm³/mol. The molecule has 7 nitrogen and oxygen atoms in total. The van der Waals surface area contributed by atoms with Crippen LogP contribution in [0.5, 0.6) is 0 Å². The third kappa shape index (κ3) is 5.28. The lowest BCUT2D eigenvalue weighted by Gasteiger charge is -2.13. The quantitative estimate of drug-likeness (QED) is 0.562. The van der Waals surface area contributed by atoms with Crippen molar-refractivity contribution in [3.05, 3.63) is 23.8 Å². The van der Waals surface area contributed by atoms with Crippen molar-refractivity contribution in [2.75, 3.05) is 31.6 Å². The van der Waals surface area contributed by atoms with Gasteiger partial charge >= 0.3 is 5.97 Å². The summed E-state index contributed by atoms with van der Waals surface area (Å²) in [6.07, 6.45) is 0.544. The number of ether oxygens (including phenoxy) is 1. The number of aromatic carboxylic acids is 1. The van der Waals surface area contributed by atoms with Crippen molar-refractivity contribution in [1.82, 2.24) is 4.72 Å². The summed E-state index contributed by atoms with van der Waals surface area (Å²) in [5.74, 6) is -1.17. The molecule has 3 N–H and O–H groups in total. The molecule has 0 amide bonds. The van der Waals surface area contributed by atoms with E-state index in [0.29, 0.717) is 31.9 Å². The molecule has 0 saturated carbocycles. The molecule has 124 valence electrons. The SMILES string of the molecule is CCNc1ccc(C(=O)O)cc1S(=O)(=O)NCCCOCC. The van der Waals surface area contributed by atoms with E-state index in [9.17, 15) is 13.2 Å². The summed E-state index contributed by atoms with van der Waals surface area (Å²) in [6, 6.07) is 3.99. The Labute approximate surface area is 130 Å². The van der Waals surface area contributed by atoms with Crippen LogP contribution in [0.3, 0.4) is 0 Å². The molecule has 0 fully saturated rings. The van der Waals surface area contributed by atoms with Crippen molar-refractivity contribution in [3.8, 4) is 0 Å². The van der Waals surface area contributed by atoms with Gasteiger partial charge in [-0.25, -0.2) is 17.9 Å². The molecule has 0 aliphatic rings. The predicted octanol–water partition coefficient (Wildman–Crippen LogP) is 1.52. The third-order valence-electron chi connectivity index (χ3n) is 2.85. The largest absolute Gasteiger partial charge is 0.478 e. The number of benzene rings is 1. The zero-order valence-corrected chi connectivity index (χ0v) is 13.6. The van der Waals surface area contributed by atoms with E-state index in [0.717, 1.165) is 6.07 Å². The Morgan fingerprint density at radius 1 is 1.32 bits per heavy atom. The lowest BCUT2D eigenvalue weighted by molar-refractivity contribution is 0.0696. The van der Waals surface area contributed by atoms with Crippen LogP contribution in [0.25, 0.3) is 0 Å². The van der Waals surface area contributed by atoms with Gasteiger partial charge in [0.15, 0.2) is 0 Å². The molecular formula is C14H22N2O5S. The van der Waals surface area contributed by atoms with Crippen LogP contribution in [0.1, 0.15) is 30.6 Å². The second-order valence-corrected chi connectivity index (χ2v) is 6.23. The van der Waals surface area contributed by atoms with E-state index in [-0.39, 0.29) is 17.0 Å². The number of hydrogen-bond acceptors (Lipinski definition) is 5. The van der Waals surface area contributed by atoms with Crippen molar-refractivity contribution in [3.63, 3.8) is 0 Å². The lowest BCUT2D eigenvalue weighted by atomic mass is 10.2. The molecule has 0 heterocycles. The van der Waals surface area contributed by atoms with E-state index in [1.165, 1.54) is 12.1 Å². The van der Waals surface area contributed by atoms with Crippen LogP contribution in [0.2, 0.25) is 0 Å². The Bertz CT molecular complexity index is 601. The fourth-order valence-corrected chi connectivity index (χ4v) is 3.10. The first-order valence-corrected chi connectivity index (χ1v) is 8.59. The molecule has 0 aromatic heterocycles. The molecule has 0 saturated heterocycles. The Kier molecular flexibility index (Phi) is 7.30. The Morgan fingerprint density at radius 2 is 2.05 bits per heavy atom. The first-order valence-electron chi connectivity index (χ1n) is 7.11. The van der Waals surface area contributed by atoms with Crippen LogP contribution in [0.15, 0.2) is 23.1 Å². The second kappa shape index (κ2) is 8.72. The van der Waals surface area contributed by atoms with Gasteiger partial charge < -0.3 is 15.2 Å². The molecule has 0 bridgehead atoms. The molecule has 0 atom stereocenters. The van der Waals surface area contributed by atoms with Crippen molar-refractivity contribution < 1.29 is 23.1 Å². The Hall–Kier alpha value is -1.64. The van der Waals surface area contributed by atoms with E-state index in [4.69, 9.17) is 9.84 Å². The molecule has 1 aromatic rings. The minimum absolute atomic E-state index is 0.0642. The fourth-order valence-electron chi connectivity index (χ4n) is 1.82. The van der Waals surface area contributed by atoms with Gasteiger partial charge in [-0.15, -0.1) is 0 Å². The summed E-state index contributed by atoms with van der Waals surface area (Å²) in [5, 5.41) is 11.9. The summed E-state index contributed by atoms with van der Waals surface area (Å²) in [6.45, 7) is 5.50. The number of hydrogen-bond donors (Lipinski definition) is 3. The molecule has 1 aromatic carbocycles. The zero-order valence-electron chi connectivity index (χ0n) is 12.8. The number of carboxylic acids is 1. The molecular weight excluding hydrogens is 308 g/mol. The zero-order chi connectivity index (χ0) is 16.6. The highest BCUT2D eigenvalue weighted by Crippen LogP contribution is 2.22. The molecule has 22 heavy (non-hydrogen) atoms. The number of nitrogens with one attached hydrogen (secondary N) is 2. The highest BCUT2D eigenvalue weighted by Gasteiger charge is 2.20. The molecule has 0 aliphatic carbocycles. The molecule has 0 radical (unpaired) electrons. The summed E-state index contributed by atoms with van der Waals surface area (Å²) < 4.78 is 32.3. The van der Waals surface area contributed by atoms with Gasteiger partial charge in [0, 0.05) is 26.3 Å². The normalized spacial score (nSPS) is 11.4. The minimum Gasteiger partial charge on any atom is -0.478 e. The average Bonchev–Trinajstić information content (AvgIpc) is 2.47. The van der Waals surface area contributed by atoms with E-state index in [2.05, 4.69) is 10.0 Å². The molecule has 8 heteroatoms. The number of carbonyl (C=O) groups is 1. The van der Waals surface area contributed by atoms with Crippen LogP contribution >= 0.6 is 0 Å². The van der Waals surface area contributed by atoms with Crippen LogP contribution < -0.4 is 10.0 Å². The van der Waals surface area contributed by atoms with Crippen molar-refractivity contribution in [1.29, 1.82) is 0 Å². The van der Waals surface area contributed by atoms with E-state index in [1.807, 2.05) is 13.8 Å². The van der Waals surface area contributed by atoms with Gasteiger partial charge in [0.2, 0.25) is 10.0 Å². The Morgan fingerprint density at radius 3 is 2.64 bits per heavy atom. The van der Waals surface area contributed by atoms with Gasteiger partial charge in [-0.1, -0.05) is 0 Å². The van der Waals surface area contributed by atoms with Gasteiger partial charge in [0.25, 0.3) is 0 Å². The summed E-state index contributed by atoms with van der Waals surface area (Å²) in [7, 11) is -3.79. The highest BCUT2D eigenvalue weighted by atomic mass is 32.2. The Balaban J connectivity index is 2.94. The van der Waals surface area contributed by atoms with Crippen LogP contribution in [0, 0.1) is 0 Å². The maximum Gasteiger partial charge on any atom is 0.335 e. The summed E-state index contributed by atoms with van der Waals surface area (Å²) >= 11 is 0. The number of carboxylic acid groups (broad SMARTS) is 1. The monoisotopic (exact) mass is 330 g/mol. The number of anilines is 1. The van der Waals surface area contributed by atoms with E-state index < -0.39 is 16.0 Å². The molecule has 0 aliphatic heterocycles. The molecule has 1 rings (SSSR count). The number of sulfonamides is 1. The smallest absolute Gasteiger partial charge is 0.335 e. The van der Waals surface area contributed by atoms with Crippen molar-refractivity contribution in [2.45, 2.75) is 25.2 Å². The van der Waals surface area contributed by atoms with Gasteiger partial charge in [-0.2, -0.15) is 0 Å². The first-order chi connectivity index (χ1) is 10.4. The van der Waals surface area contributed by atoms with Crippen LogP contribution in [-0.4, -0.2) is 45.8 Å². The fraction of sp³-hybridized carbons (Fsp3) is 0.500. The first kappa shape index (κ1) is 18.4. The average molecular weight is 330 g/mol. The summed E-state index contributed by atoms with van der Waals surface area (Å²) in [4.78, 5) is 11.0.